The maximum absolute atomic E-state index is 10.7. The van der Waals surface area contributed by atoms with Gasteiger partial charge in [0.15, 0.2) is 6.10 Å². The minimum absolute atomic E-state index is 0.177. The van der Waals surface area contributed by atoms with Gasteiger partial charge in [0.25, 0.3) is 0 Å². The zero-order chi connectivity index (χ0) is 8.55. The Morgan fingerprint density at radius 2 is 2.25 bits per heavy atom. The Bertz CT molecular complexity index is 191. The fraction of sp³-hybridized carbons (Fsp3) is 0.875. The molecular formula is C8H12O4. The molecule has 0 saturated carbocycles. The largest absolute Gasteiger partial charge is 0.479 e. The van der Waals surface area contributed by atoms with Crippen molar-refractivity contribution in [1.29, 1.82) is 0 Å². The van der Waals surface area contributed by atoms with Crippen LogP contribution in [0, 0.1) is 11.8 Å². The van der Waals surface area contributed by atoms with Gasteiger partial charge < -0.3 is 14.6 Å². The quantitative estimate of drug-likeness (QED) is 0.610. The van der Waals surface area contributed by atoms with Crippen LogP contribution in [0.25, 0.3) is 0 Å². The molecular weight excluding hydrogens is 160 g/mol. The molecule has 2 heterocycles. The third kappa shape index (κ3) is 1.21. The molecule has 2 saturated heterocycles. The maximum atomic E-state index is 10.7. The summed E-state index contributed by atoms with van der Waals surface area (Å²) in [7, 11) is 0. The second kappa shape index (κ2) is 3.03. The number of rotatable bonds is 1. The molecule has 4 heteroatoms. The van der Waals surface area contributed by atoms with Crippen LogP contribution in [0.15, 0.2) is 0 Å². The molecule has 1 N–H and O–H groups in total. The highest BCUT2D eigenvalue weighted by Gasteiger charge is 2.42. The van der Waals surface area contributed by atoms with Crippen molar-refractivity contribution in [3.8, 4) is 0 Å². The Balaban J connectivity index is 2.05. The monoisotopic (exact) mass is 172 g/mol. The Morgan fingerprint density at radius 1 is 1.42 bits per heavy atom. The van der Waals surface area contributed by atoms with Gasteiger partial charge in [-0.1, -0.05) is 0 Å². The van der Waals surface area contributed by atoms with Gasteiger partial charge in [-0.3, -0.25) is 0 Å². The summed E-state index contributed by atoms with van der Waals surface area (Å²) in [4.78, 5) is 10.7. The van der Waals surface area contributed by atoms with E-state index < -0.39 is 12.1 Å². The van der Waals surface area contributed by atoms with Gasteiger partial charge in [-0.25, -0.2) is 4.79 Å². The third-order valence-electron chi connectivity index (χ3n) is 2.66. The molecule has 2 aliphatic rings. The highest BCUT2D eigenvalue weighted by Crippen LogP contribution is 2.33. The van der Waals surface area contributed by atoms with Crippen LogP contribution in [-0.2, 0) is 14.3 Å². The lowest BCUT2D eigenvalue weighted by Crippen LogP contribution is -2.34. The van der Waals surface area contributed by atoms with E-state index in [1.165, 1.54) is 0 Å². The van der Waals surface area contributed by atoms with Gasteiger partial charge >= 0.3 is 5.97 Å². The van der Waals surface area contributed by atoms with Crippen molar-refractivity contribution < 1.29 is 19.4 Å². The van der Waals surface area contributed by atoms with Gasteiger partial charge in [0.1, 0.15) is 0 Å². The number of carbonyl (C=O) groups is 1. The highest BCUT2D eigenvalue weighted by atomic mass is 16.5. The maximum Gasteiger partial charge on any atom is 0.333 e. The summed E-state index contributed by atoms with van der Waals surface area (Å²) in [6.07, 6.45) is 0.237. The third-order valence-corrected chi connectivity index (χ3v) is 2.66. The van der Waals surface area contributed by atoms with E-state index in [0.717, 1.165) is 6.42 Å². The molecule has 12 heavy (non-hydrogen) atoms. The van der Waals surface area contributed by atoms with Crippen molar-refractivity contribution in [3.63, 3.8) is 0 Å². The molecule has 3 atom stereocenters. The van der Waals surface area contributed by atoms with Crippen LogP contribution in [0.3, 0.4) is 0 Å². The van der Waals surface area contributed by atoms with Crippen molar-refractivity contribution in [3.05, 3.63) is 0 Å². The molecule has 68 valence electrons. The van der Waals surface area contributed by atoms with Crippen LogP contribution in [0.4, 0.5) is 0 Å². The Kier molecular flexibility index (Phi) is 2.02. The predicted molar refractivity (Wildman–Crippen MR) is 39.8 cm³/mol. The van der Waals surface area contributed by atoms with Gasteiger partial charge in [0.05, 0.1) is 13.2 Å². The lowest BCUT2D eigenvalue weighted by molar-refractivity contribution is -0.149. The van der Waals surface area contributed by atoms with Crippen molar-refractivity contribution in [1.82, 2.24) is 0 Å². The Morgan fingerprint density at radius 3 is 3.00 bits per heavy atom. The van der Waals surface area contributed by atoms with Crippen molar-refractivity contribution in [2.75, 3.05) is 19.8 Å². The molecule has 2 rings (SSSR count). The molecule has 0 spiro atoms. The molecule has 0 bridgehead atoms. The van der Waals surface area contributed by atoms with Crippen LogP contribution < -0.4 is 0 Å². The molecule has 0 aromatic carbocycles. The predicted octanol–water partition coefficient (Wildman–Crippen LogP) is 0.122. The molecule has 3 unspecified atom stereocenters. The molecule has 0 amide bonds. The van der Waals surface area contributed by atoms with Crippen LogP contribution >= 0.6 is 0 Å². The van der Waals surface area contributed by atoms with Crippen LogP contribution in [-0.4, -0.2) is 37.0 Å². The topological polar surface area (TPSA) is 55.8 Å². The molecule has 0 aromatic rings. The van der Waals surface area contributed by atoms with Crippen LogP contribution in [0.2, 0.25) is 0 Å². The van der Waals surface area contributed by atoms with Crippen molar-refractivity contribution in [2.24, 2.45) is 11.8 Å². The number of hydrogen-bond acceptors (Lipinski definition) is 3. The van der Waals surface area contributed by atoms with E-state index >= 15 is 0 Å². The Hall–Kier alpha value is -0.610. The summed E-state index contributed by atoms with van der Waals surface area (Å²) in [5, 5.41) is 8.79. The summed E-state index contributed by atoms with van der Waals surface area (Å²) in [6.45, 7) is 1.88. The number of hydrogen-bond donors (Lipinski definition) is 1. The average Bonchev–Trinajstić information content (AvgIpc) is 2.47. The molecule has 4 nitrogen and oxygen atoms in total. The van der Waals surface area contributed by atoms with E-state index in [9.17, 15) is 4.79 Å². The summed E-state index contributed by atoms with van der Waals surface area (Å²) < 4.78 is 10.4. The van der Waals surface area contributed by atoms with Crippen molar-refractivity contribution >= 4 is 5.97 Å². The summed E-state index contributed by atoms with van der Waals surface area (Å²) in [5.74, 6) is -0.347. The number of fused-ring (bicyclic) bond motifs is 1. The molecule has 0 radical (unpaired) electrons. The summed E-state index contributed by atoms with van der Waals surface area (Å²) in [5.41, 5.74) is 0. The fourth-order valence-electron chi connectivity index (χ4n) is 1.99. The van der Waals surface area contributed by atoms with E-state index in [4.69, 9.17) is 14.6 Å². The summed E-state index contributed by atoms with van der Waals surface area (Å²) in [6, 6.07) is 0. The first kappa shape index (κ1) is 8.01. The summed E-state index contributed by atoms with van der Waals surface area (Å²) >= 11 is 0. The first-order valence-corrected chi connectivity index (χ1v) is 4.21. The number of ether oxygens (including phenoxy) is 2. The van der Waals surface area contributed by atoms with Gasteiger partial charge in [-0.05, 0) is 6.42 Å². The van der Waals surface area contributed by atoms with Gasteiger partial charge in [-0.2, -0.15) is 0 Å². The molecule has 2 aliphatic heterocycles. The zero-order valence-electron chi connectivity index (χ0n) is 6.73. The first-order valence-electron chi connectivity index (χ1n) is 4.21. The fourth-order valence-corrected chi connectivity index (χ4v) is 1.99. The minimum atomic E-state index is -0.829. The number of carboxylic acids is 1. The molecule has 0 aliphatic carbocycles. The van der Waals surface area contributed by atoms with Crippen LogP contribution in [0.1, 0.15) is 6.42 Å². The molecule has 0 aromatic heterocycles. The lowest BCUT2D eigenvalue weighted by Gasteiger charge is -2.25. The van der Waals surface area contributed by atoms with Gasteiger partial charge in [0, 0.05) is 18.4 Å². The highest BCUT2D eigenvalue weighted by molar-refractivity contribution is 5.73. The van der Waals surface area contributed by atoms with E-state index in [0.29, 0.717) is 25.7 Å². The van der Waals surface area contributed by atoms with E-state index in [1.807, 2.05) is 0 Å². The van der Waals surface area contributed by atoms with E-state index in [2.05, 4.69) is 0 Å². The van der Waals surface area contributed by atoms with Crippen molar-refractivity contribution in [2.45, 2.75) is 12.5 Å². The number of aliphatic carboxylic acids is 1. The Labute approximate surface area is 70.5 Å². The zero-order valence-corrected chi connectivity index (χ0v) is 6.73. The second-order valence-corrected chi connectivity index (χ2v) is 3.38. The van der Waals surface area contributed by atoms with E-state index in [-0.39, 0.29) is 5.92 Å². The van der Waals surface area contributed by atoms with Crippen LogP contribution in [0.5, 0.6) is 0 Å². The first-order chi connectivity index (χ1) is 5.79. The van der Waals surface area contributed by atoms with E-state index in [1.54, 1.807) is 0 Å². The normalized spacial score (nSPS) is 40.8. The lowest BCUT2D eigenvalue weighted by atomic mass is 9.87. The minimum Gasteiger partial charge on any atom is -0.479 e. The number of carboxylic acid groups (broad SMARTS) is 1. The smallest absolute Gasteiger partial charge is 0.333 e. The van der Waals surface area contributed by atoms with Gasteiger partial charge in [-0.15, -0.1) is 0 Å². The van der Waals surface area contributed by atoms with Gasteiger partial charge in [0.2, 0.25) is 0 Å². The molecule has 2 fully saturated rings. The standard InChI is InChI=1S/C8H12O4/c9-8(10)7-6-1-2-11-3-5(6)4-12-7/h5-7H,1-4H2,(H,9,10). The average molecular weight is 172 g/mol. The second-order valence-electron chi connectivity index (χ2n) is 3.38. The SMILES string of the molecule is O=C(O)C1OCC2COCCC21.